The maximum Gasteiger partial charge on any atom is 0.265 e. The van der Waals surface area contributed by atoms with Gasteiger partial charge < -0.3 is 10.6 Å². The van der Waals surface area contributed by atoms with Crippen LogP contribution in [0.3, 0.4) is 0 Å². The molecule has 0 aliphatic heterocycles. The topological polar surface area (TPSA) is 58.2 Å². The zero-order chi connectivity index (χ0) is 13.9. The molecule has 1 heterocycles. The minimum Gasteiger partial charge on any atom is -0.349 e. The van der Waals surface area contributed by atoms with E-state index in [0.717, 1.165) is 12.8 Å². The highest BCUT2D eigenvalue weighted by molar-refractivity contribution is 7.12. The Morgan fingerprint density at radius 2 is 1.95 bits per heavy atom. The van der Waals surface area contributed by atoms with E-state index in [9.17, 15) is 9.59 Å². The zero-order valence-corrected chi connectivity index (χ0v) is 11.6. The highest BCUT2D eigenvalue weighted by atomic mass is 32.1. The number of benzene rings is 1. The van der Waals surface area contributed by atoms with Gasteiger partial charge in [0.15, 0.2) is 0 Å². The van der Waals surface area contributed by atoms with Crippen molar-refractivity contribution in [3.8, 4) is 0 Å². The predicted molar refractivity (Wildman–Crippen MR) is 79.2 cm³/mol. The van der Waals surface area contributed by atoms with Crippen LogP contribution in [0.5, 0.6) is 0 Å². The van der Waals surface area contributed by atoms with Crippen molar-refractivity contribution in [2.45, 2.75) is 18.9 Å². The van der Waals surface area contributed by atoms with Crippen molar-refractivity contribution < 1.29 is 9.59 Å². The second kappa shape index (κ2) is 5.46. The Kier molecular flexibility index (Phi) is 3.52. The molecule has 0 bridgehead atoms. The minimum atomic E-state index is -0.153. The highest BCUT2D eigenvalue weighted by Crippen LogP contribution is 2.20. The monoisotopic (exact) mass is 286 g/mol. The summed E-state index contributed by atoms with van der Waals surface area (Å²) in [5.74, 6) is -0.237. The van der Waals surface area contributed by atoms with E-state index in [1.54, 1.807) is 30.3 Å². The second-order valence-electron chi connectivity index (χ2n) is 4.76. The van der Waals surface area contributed by atoms with Crippen LogP contribution in [0.15, 0.2) is 41.8 Å². The van der Waals surface area contributed by atoms with Crippen LogP contribution in [0.2, 0.25) is 0 Å². The third-order valence-electron chi connectivity index (χ3n) is 3.04. The molecule has 102 valence electrons. The molecule has 3 rings (SSSR count). The standard InChI is InChI=1S/C15H14N2O2S/c18-14(16-11-6-7-11)10-3-1-4-12(9-10)17-15(19)13-5-2-8-20-13/h1-5,8-9,11H,6-7H2,(H,16,18)(H,17,19). The van der Waals surface area contributed by atoms with Gasteiger partial charge in [-0.1, -0.05) is 12.1 Å². The number of hydrogen-bond donors (Lipinski definition) is 2. The molecule has 0 radical (unpaired) electrons. The van der Waals surface area contributed by atoms with Crippen LogP contribution >= 0.6 is 11.3 Å². The van der Waals surface area contributed by atoms with Crippen LogP contribution in [-0.4, -0.2) is 17.9 Å². The first-order valence-electron chi connectivity index (χ1n) is 6.48. The Morgan fingerprint density at radius 3 is 2.65 bits per heavy atom. The maximum absolute atomic E-state index is 11.9. The van der Waals surface area contributed by atoms with Crippen LogP contribution in [0, 0.1) is 0 Å². The van der Waals surface area contributed by atoms with Gasteiger partial charge >= 0.3 is 0 Å². The van der Waals surface area contributed by atoms with Crippen LogP contribution in [0.25, 0.3) is 0 Å². The third-order valence-corrected chi connectivity index (χ3v) is 3.91. The van der Waals surface area contributed by atoms with Gasteiger partial charge in [-0.2, -0.15) is 0 Å². The molecule has 0 saturated heterocycles. The van der Waals surface area contributed by atoms with Gasteiger partial charge in [0.25, 0.3) is 11.8 Å². The Morgan fingerprint density at radius 1 is 1.10 bits per heavy atom. The first-order chi connectivity index (χ1) is 9.72. The summed E-state index contributed by atoms with van der Waals surface area (Å²) in [6.45, 7) is 0. The summed E-state index contributed by atoms with van der Waals surface area (Å²) in [5.41, 5.74) is 1.20. The predicted octanol–water partition coefficient (Wildman–Crippen LogP) is 2.89. The molecule has 1 fully saturated rings. The lowest BCUT2D eigenvalue weighted by Crippen LogP contribution is -2.25. The summed E-state index contributed by atoms with van der Waals surface area (Å²) in [5, 5.41) is 7.58. The quantitative estimate of drug-likeness (QED) is 0.908. The summed E-state index contributed by atoms with van der Waals surface area (Å²) < 4.78 is 0. The van der Waals surface area contributed by atoms with E-state index in [1.165, 1.54) is 11.3 Å². The third kappa shape index (κ3) is 3.05. The van der Waals surface area contributed by atoms with E-state index in [4.69, 9.17) is 0 Å². The molecule has 4 nitrogen and oxygen atoms in total. The fourth-order valence-electron chi connectivity index (χ4n) is 1.84. The summed E-state index contributed by atoms with van der Waals surface area (Å²) in [4.78, 5) is 24.5. The van der Waals surface area contributed by atoms with Gasteiger partial charge in [0, 0.05) is 17.3 Å². The van der Waals surface area contributed by atoms with Gasteiger partial charge in [-0.3, -0.25) is 9.59 Å². The highest BCUT2D eigenvalue weighted by Gasteiger charge is 2.23. The molecule has 2 aromatic rings. The van der Waals surface area contributed by atoms with E-state index < -0.39 is 0 Å². The molecule has 5 heteroatoms. The molecule has 2 N–H and O–H groups in total. The zero-order valence-electron chi connectivity index (χ0n) is 10.8. The number of carbonyl (C=O) groups is 2. The van der Waals surface area contributed by atoms with Gasteiger partial charge in [-0.05, 0) is 42.5 Å². The van der Waals surface area contributed by atoms with Gasteiger partial charge in [-0.15, -0.1) is 11.3 Å². The van der Waals surface area contributed by atoms with E-state index >= 15 is 0 Å². The molecule has 1 aliphatic rings. The van der Waals surface area contributed by atoms with Crippen LogP contribution < -0.4 is 10.6 Å². The SMILES string of the molecule is O=C(NC1CC1)c1cccc(NC(=O)c2cccs2)c1. The van der Waals surface area contributed by atoms with Crippen molar-refractivity contribution in [1.82, 2.24) is 5.32 Å². The molecule has 1 saturated carbocycles. The van der Waals surface area contributed by atoms with E-state index in [0.29, 0.717) is 22.2 Å². The lowest BCUT2D eigenvalue weighted by atomic mass is 10.2. The second-order valence-corrected chi connectivity index (χ2v) is 5.71. The number of nitrogens with one attached hydrogen (secondary N) is 2. The summed E-state index contributed by atoms with van der Waals surface area (Å²) in [7, 11) is 0. The maximum atomic E-state index is 11.9. The van der Waals surface area contributed by atoms with Gasteiger partial charge in [0.05, 0.1) is 4.88 Å². The lowest BCUT2D eigenvalue weighted by Gasteiger charge is -2.07. The Bertz CT molecular complexity index is 633. The van der Waals surface area contributed by atoms with Gasteiger partial charge in [0.1, 0.15) is 0 Å². The van der Waals surface area contributed by atoms with Crippen LogP contribution in [0.4, 0.5) is 5.69 Å². The lowest BCUT2D eigenvalue weighted by molar-refractivity contribution is 0.0949. The van der Waals surface area contributed by atoms with Crippen molar-refractivity contribution in [1.29, 1.82) is 0 Å². The number of hydrogen-bond acceptors (Lipinski definition) is 3. The van der Waals surface area contributed by atoms with Crippen LogP contribution in [-0.2, 0) is 0 Å². The van der Waals surface area contributed by atoms with Gasteiger partial charge in [-0.25, -0.2) is 0 Å². The molecule has 0 atom stereocenters. The van der Waals surface area contributed by atoms with Crippen LogP contribution in [0.1, 0.15) is 32.9 Å². The van der Waals surface area contributed by atoms with Crippen molar-refractivity contribution in [2.24, 2.45) is 0 Å². The molecule has 1 aromatic heterocycles. The molecule has 0 spiro atoms. The number of rotatable bonds is 4. The largest absolute Gasteiger partial charge is 0.349 e. The van der Waals surface area contributed by atoms with E-state index in [-0.39, 0.29) is 11.8 Å². The summed E-state index contributed by atoms with van der Waals surface area (Å²) in [6, 6.07) is 10.9. The number of anilines is 1. The summed E-state index contributed by atoms with van der Waals surface area (Å²) >= 11 is 1.39. The fourth-order valence-corrected chi connectivity index (χ4v) is 2.45. The normalized spacial score (nSPS) is 13.8. The first-order valence-corrected chi connectivity index (χ1v) is 7.36. The number of amides is 2. The van der Waals surface area contributed by atoms with Crippen molar-refractivity contribution in [3.63, 3.8) is 0 Å². The number of carbonyl (C=O) groups excluding carboxylic acids is 2. The average molecular weight is 286 g/mol. The first kappa shape index (κ1) is 12.9. The molecule has 0 unspecified atom stereocenters. The average Bonchev–Trinajstić information content (AvgIpc) is 3.08. The molecular weight excluding hydrogens is 272 g/mol. The van der Waals surface area contributed by atoms with Crippen molar-refractivity contribution >= 4 is 28.8 Å². The molecular formula is C15H14N2O2S. The molecule has 1 aliphatic carbocycles. The van der Waals surface area contributed by atoms with Crippen molar-refractivity contribution in [2.75, 3.05) is 5.32 Å². The molecule has 1 aromatic carbocycles. The Balaban J connectivity index is 1.70. The Hall–Kier alpha value is -2.14. The molecule has 2 amide bonds. The Labute approximate surface area is 120 Å². The smallest absolute Gasteiger partial charge is 0.265 e. The fraction of sp³-hybridized carbons (Fsp3) is 0.200. The van der Waals surface area contributed by atoms with Gasteiger partial charge in [0.2, 0.25) is 0 Å². The van der Waals surface area contributed by atoms with Crippen molar-refractivity contribution in [3.05, 3.63) is 52.2 Å². The van der Waals surface area contributed by atoms with E-state index in [2.05, 4.69) is 10.6 Å². The number of thiophene rings is 1. The molecule has 20 heavy (non-hydrogen) atoms. The van der Waals surface area contributed by atoms with E-state index in [1.807, 2.05) is 11.4 Å². The minimum absolute atomic E-state index is 0.0836. The summed E-state index contributed by atoms with van der Waals surface area (Å²) in [6.07, 6.45) is 2.11.